The molecule has 5 aliphatic rings. The summed E-state index contributed by atoms with van der Waals surface area (Å²) in [5.74, 6) is -5.84. The van der Waals surface area contributed by atoms with E-state index in [0.29, 0.717) is 74.6 Å². The van der Waals surface area contributed by atoms with E-state index in [9.17, 15) is 108 Å². The van der Waals surface area contributed by atoms with E-state index in [2.05, 4.69) is 52.2 Å². The standard InChI is InChI=1S/C80H138N12O35P2.6H2/c1-48(2)128(111,112)121-42-59-55(35-68(123-59)92-47-89-69-52(6)87-46-88-76(69)92)127-129(113,114)122-41-53-34-54(96)37-91(53)67(104)36-66(103)90-80(43-115-31-19-63(100)84-25-13-22-81-60(97)16-7-10-28-118-77-49(3)70(105)73(108)56(38-93)124-77,44-116-32-20-64(101)85-26-14-23-82-61(98)17-8-11-29-119-78-50(4)71(106)74(109)57(39-94)125-78)45-117-33-21-65(102)86-27-15-24-83-62(99)18-9-12-30-120-79-51(5)72(107)75(110)58(40-95)126-79;;;;;;/h46-51,53-59,68,70-75,77-79,93-96,105-110H,7-45H2,1-6H3,(H,81,97)(H,82,98)(H,83,99)(H,84,100)(H,85,101)(H,86,102)(H,90,103)(H,111,112)(H,113,114);6*1H/p-2/t49-,50-,51-,53+,54-,55-,56?,57?,58?,59+,68+,70?,71?,72?,73-,74-,75-,77+,78+,79+,80?;;;;;;/m0....../s1. The molecule has 2 aromatic heterocycles. The predicted molar refractivity (Wildman–Crippen MR) is 458 cm³/mol. The number of aliphatic hydroxyl groups excluding tert-OH is 10. The first-order valence-corrected chi connectivity index (χ1v) is 47.3. The van der Waals surface area contributed by atoms with Gasteiger partial charge in [0.1, 0.15) is 80.4 Å². The van der Waals surface area contributed by atoms with Crippen molar-refractivity contribution in [3.05, 3.63) is 18.3 Å². The van der Waals surface area contributed by atoms with E-state index < -0.39 is 244 Å². The first-order valence-electron chi connectivity index (χ1n) is 44.2. The number of aryl methyl sites for hydroxylation is 1. The second-order valence-electron chi connectivity index (χ2n) is 33.3. The molecule has 7 heterocycles. The molecular weight excluding hydrogens is 1750 g/mol. The number of aromatic nitrogens is 4. The van der Waals surface area contributed by atoms with Crippen LogP contribution < -0.4 is 47.0 Å². The molecule has 49 heteroatoms. The zero-order valence-corrected chi connectivity index (χ0v) is 76.0. The number of hydrogen-bond donors (Lipinski definition) is 17. The summed E-state index contributed by atoms with van der Waals surface area (Å²) in [7, 11) is -9.93. The van der Waals surface area contributed by atoms with Crippen LogP contribution in [0.2, 0.25) is 0 Å². The highest BCUT2D eigenvalue weighted by Crippen LogP contribution is 2.48. The summed E-state index contributed by atoms with van der Waals surface area (Å²) in [6.07, 6.45) is -13.3. The maximum absolute atomic E-state index is 14.5. The molecule has 5 aliphatic heterocycles. The average molecular weight is 1900 g/mol. The third-order valence-electron chi connectivity index (χ3n) is 22.6. The number of phosphoric ester groups is 1. The fraction of sp³-hybridized carbons (Fsp3) is 0.838. The van der Waals surface area contributed by atoms with Crippen molar-refractivity contribution in [2.75, 3.05) is 138 Å². The predicted octanol–water partition coefficient (Wildman–Crippen LogP) is -3.17. The van der Waals surface area contributed by atoms with E-state index in [1.807, 2.05) is 0 Å². The molecular formula is C80H148N12O35P2-2. The van der Waals surface area contributed by atoms with Crippen LogP contribution in [0.15, 0.2) is 12.7 Å². The van der Waals surface area contributed by atoms with Gasteiger partial charge in [0.25, 0.3) is 7.82 Å². The van der Waals surface area contributed by atoms with E-state index in [-0.39, 0.29) is 157 Å². The van der Waals surface area contributed by atoms with Gasteiger partial charge in [-0.25, -0.2) is 15.0 Å². The number of phosphoric acid groups is 1. The number of fused-ring (bicyclic) bond motifs is 1. The molecule has 7 rings (SSSR count). The summed E-state index contributed by atoms with van der Waals surface area (Å²) in [6.45, 7) is 5.18. The second-order valence-corrected chi connectivity index (χ2v) is 37.0. The van der Waals surface area contributed by atoms with Gasteiger partial charge in [-0.05, 0) is 71.1 Å². The lowest BCUT2D eigenvalue weighted by Crippen LogP contribution is -2.59. The second kappa shape index (κ2) is 56.2. The molecule has 8 amide bonds. The number of rotatable bonds is 61. The highest BCUT2D eigenvalue weighted by atomic mass is 31.2. The number of carbonyl (C=O) groups is 8. The maximum atomic E-state index is 14.5. The van der Waals surface area contributed by atoms with Gasteiger partial charge in [0, 0.05) is 143 Å². The smallest absolute Gasteiger partial charge is 0.268 e. The van der Waals surface area contributed by atoms with Gasteiger partial charge in [-0.2, -0.15) is 0 Å². The molecule has 0 radical (unpaired) electrons. The highest BCUT2D eigenvalue weighted by Gasteiger charge is 2.47. The molecule has 8 unspecified atom stereocenters. The van der Waals surface area contributed by atoms with E-state index in [1.165, 1.54) is 31.1 Å². The number of carbonyl (C=O) groups excluding carboxylic acids is 8. The van der Waals surface area contributed by atoms with Crippen LogP contribution in [0.25, 0.3) is 11.2 Å². The van der Waals surface area contributed by atoms with Crippen LogP contribution in [-0.4, -0.2) is 370 Å². The van der Waals surface area contributed by atoms with Gasteiger partial charge in [-0.3, -0.25) is 47.5 Å². The number of likely N-dealkylation sites (tertiary alicyclic amines) is 1. The van der Waals surface area contributed by atoms with Crippen LogP contribution >= 0.6 is 15.4 Å². The topological polar surface area (TPSA) is 670 Å². The Bertz CT molecular complexity index is 3670. The number of β-amino-alcohol motifs (C(OH)–C–C–N with tert-alkyl or cyclic N) is 1. The monoisotopic (exact) mass is 1900 g/mol. The molecule has 0 aliphatic carbocycles. The number of amides is 8. The van der Waals surface area contributed by atoms with Gasteiger partial charge in [0.05, 0.1) is 121 Å². The summed E-state index contributed by atoms with van der Waals surface area (Å²) in [6, 6.07) is -1.19. The molecule has 2 aromatic rings. The van der Waals surface area contributed by atoms with Crippen LogP contribution in [0, 0.1) is 24.7 Å². The van der Waals surface area contributed by atoms with E-state index >= 15 is 0 Å². The molecule has 0 bridgehead atoms. The van der Waals surface area contributed by atoms with Crippen LogP contribution in [0.5, 0.6) is 0 Å². The Balaban J connectivity index is 0.0000152. The van der Waals surface area contributed by atoms with Crippen LogP contribution in [0.1, 0.15) is 171 Å². The van der Waals surface area contributed by atoms with Crippen molar-refractivity contribution in [2.45, 2.75) is 273 Å². The van der Waals surface area contributed by atoms with Gasteiger partial charge in [-0.15, -0.1) is 0 Å². The first-order chi connectivity index (χ1) is 61.5. The number of imidazole rings is 1. The molecule has 47 nitrogen and oxygen atoms in total. The fourth-order valence-electron chi connectivity index (χ4n) is 14.6. The van der Waals surface area contributed by atoms with Crippen molar-refractivity contribution >= 4 is 73.8 Å². The Morgan fingerprint density at radius 1 is 0.512 bits per heavy atom. The molecule has 0 saturated carbocycles. The van der Waals surface area contributed by atoms with Crippen molar-refractivity contribution in [1.29, 1.82) is 0 Å². The minimum Gasteiger partial charge on any atom is -0.778 e. The normalized spacial score (nSPS) is 27.9. The van der Waals surface area contributed by atoms with Crippen molar-refractivity contribution in [1.82, 2.24) is 61.6 Å². The number of nitrogens with one attached hydrogen (secondary N) is 7. The Morgan fingerprint density at radius 2 is 0.915 bits per heavy atom. The summed E-state index contributed by atoms with van der Waals surface area (Å²) in [4.78, 5) is 147. The average Bonchev–Trinajstić information content (AvgIpc) is 1.63. The molecule has 22 atom stereocenters. The van der Waals surface area contributed by atoms with Crippen molar-refractivity contribution in [2.24, 2.45) is 17.8 Å². The minimum atomic E-state index is -5.44. The zero-order valence-electron chi connectivity index (χ0n) is 74.2. The fourth-order valence-corrected chi connectivity index (χ4v) is 16.3. The van der Waals surface area contributed by atoms with Crippen LogP contribution in [-0.2, 0) is 108 Å². The van der Waals surface area contributed by atoms with Crippen molar-refractivity contribution in [3.63, 3.8) is 0 Å². The number of ether oxygens (including phenoxy) is 10. The molecule has 5 fully saturated rings. The Kier molecular flexibility index (Phi) is 47.8. The van der Waals surface area contributed by atoms with E-state index in [0.717, 1.165) is 4.90 Å². The number of nitrogens with zero attached hydrogens (tertiary/aromatic N) is 5. The van der Waals surface area contributed by atoms with E-state index in [1.54, 1.807) is 27.7 Å². The largest absolute Gasteiger partial charge is 0.778 e. The molecule has 0 spiro atoms. The van der Waals surface area contributed by atoms with Crippen LogP contribution in [0.4, 0.5) is 0 Å². The number of aliphatic hydroxyl groups is 10. The first kappa shape index (κ1) is 110. The zero-order chi connectivity index (χ0) is 94.4. The maximum Gasteiger partial charge on any atom is 0.268 e. The summed E-state index contributed by atoms with van der Waals surface area (Å²) >= 11 is 0. The number of hydrogen-bond acceptors (Lipinski definition) is 38. The summed E-state index contributed by atoms with van der Waals surface area (Å²) in [5, 5.41) is 120. The third-order valence-corrected chi connectivity index (χ3v) is 25.3. The van der Waals surface area contributed by atoms with Crippen molar-refractivity contribution < 1.29 is 178 Å². The van der Waals surface area contributed by atoms with Crippen LogP contribution in [0.3, 0.4) is 0 Å². The SMILES string of the molecule is Cc1ncnc2c1ncn2[C@H]1C[C@H](OP(=O)([O-])OC[C@H]2C[C@H](O)CN2C(=O)CC(=O)NC(COCCC(=O)NCCCNC(=O)CCCCO[C@@H]2OC(CO)[C@H](O)C(O)[C@@H]2C)(COCCC(=O)NCCCNC(=O)CCCCO[C@@H]2OC(CO)[C@H](O)C(O)[C@@H]2C)COCCC(=O)NCCCNC(=O)CCCCO[C@@H]2OC(CO)[C@H](O)C(O)[C@@H]2C)[C@@H](COP(=O)([O-])C(C)C)O1.[HH].[HH].[HH].[HH].[HH].[HH]. The quantitative estimate of drug-likeness (QED) is 0.0176. The van der Waals surface area contributed by atoms with Gasteiger partial charge in [-0.1, -0.05) is 34.6 Å². The Hall–Kier alpha value is -6.23. The third kappa shape index (κ3) is 36.5. The summed E-state index contributed by atoms with van der Waals surface area (Å²) < 4.78 is 103. The lowest BCUT2D eigenvalue weighted by atomic mass is 9.92. The number of unbranched alkanes of at least 4 members (excludes halogenated alkanes) is 3. The van der Waals surface area contributed by atoms with Gasteiger partial charge < -0.3 is 168 Å². The highest BCUT2D eigenvalue weighted by molar-refractivity contribution is 7.52. The molecule has 129 heavy (non-hydrogen) atoms. The van der Waals surface area contributed by atoms with E-state index in [4.69, 9.17) is 60.9 Å². The summed E-state index contributed by atoms with van der Waals surface area (Å²) in [5.41, 5.74) is -1.49. The molecule has 0 aromatic carbocycles. The Morgan fingerprint density at radius 3 is 1.31 bits per heavy atom. The van der Waals surface area contributed by atoms with Crippen molar-refractivity contribution in [3.8, 4) is 0 Å². The molecule has 5 saturated heterocycles. The Labute approximate surface area is 757 Å². The van der Waals surface area contributed by atoms with Gasteiger partial charge in [0.2, 0.25) is 47.3 Å². The lowest BCUT2D eigenvalue weighted by molar-refractivity contribution is -0.282. The molecule has 17 N–H and O–H groups in total. The van der Waals surface area contributed by atoms with Gasteiger partial charge >= 0.3 is 0 Å². The van der Waals surface area contributed by atoms with Gasteiger partial charge in [0.15, 0.2) is 24.5 Å². The minimum absolute atomic E-state index is 0. The lowest BCUT2D eigenvalue weighted by Gasteiger charge is -2.40. The molecule has 750 valence electrons.